The second-order valence-corrected chi connectivity index (χ2v) is 8.24. The summed E-state index contributed by atoms with van der Waals surface area (Å²) in [4.78, 5) is 24.4. The average molecular weight is 463 g/mol. The van der Waals surface area contributed by atoms with Crippen molar-refractivity contribution >= 4 is 23.0 Å². The maximum atomic E-state index is 12.1. The van der Waals surface area contributed by atoms with Gasteiger partial charge in [0, 0.05) is 38.4 Å². The maximum Gasteiger partial charge on any atom is 0.353 e. The largest absolute Gasteiger partial charge is 0.454 e. The van der Waals surface area contributed by atoms with E-state index in [1.54, 1.807) is 0 Å². The Labute approximate surface area is 197 Å². The normalized spacial score (nSPS) is 15.4. The van der Waals surface area contributed by atoms with E-state index in [1.807, 2.05) is 54.3 Å². The van der Waals surface area contributed by atoms with Crippen molar-refractivity contribution in [3.05, 3.63) is 70.0 Å². The summed E-state index contributed by atoms with van der Waals surface area (Å²) in [6.45, 7) is 5.87. The molecule has 0 amide bonds. The number of piperazine rings is 1. The van der Waals surface area contributed by atoms with Gasteiger partial charge in [-0.2, -0.15) is 0 Å². The van der Waals surface area contributed by atoms with Crippen LogP contribution < -0.4 is 19.7 Å². The SMILES string of the molecule is CCc1ccccc1Nc1ncnc(N2CCN(Cc3ccc4c(c3)OCO4)CC2)c1[N+](=O)[O-]. The molecule has 34 heavy (non-hydrogen) atoms. The molecule has 176 valence electrons. The third kappa shape index (κ3) is 4.44. The van der Waals surface area contributed by atoms with Crippen LogP contribution in [0.5, 0.6) is 11.5 Å². The molecule has 10 heteroatoms. The second-order valence-electron chi connectivity index (χ2n) is 8.24. The number of anilines is 3. The lowest BCUT2D eigenvalue weighted by molar-refractivity contribution is -0.383. The van der Waals surface area contributed by atoms with Gasteiger partial charge in [-0.05, 0) is 35.7 Å². The van der Waals surface area contributed by atoms with Crippen LogP contribution in [0.1, 0.15) is 18.1 Å². The van der Waals surface area contributed by atoms with Gasteiger partial charge in [0.1, 0.15) is 6.33 Å². The minimum Gasteiger partial charge on any atom is -0.454 e. The smallest absolute Gasteiger partial charge is 0.353 e. The minimum absolute atomic E-state index is 0.0994. The Morgan fingerprint density at radius 1 is 1.06 bits per heavy atom. The van der Waals surface area contributed by atoms with Crippen LogP contribution in [0, 0.1) is 10.1 Å². The summed E-state index contributed by atoms with van der Waals surface area (Å²) < 4.78 is 10.9. The zero-order valence-electron chi connectivity index (χ0n) is 18.9. The molecule has 0 spiro atoms. The molecule has 0 atom stereocenters. The Bertz CT molecular complexity index is 1200. The summed E-state index contributed by atoms with van der Waals surface area (Å²) >= 11 is 0. The van der Waals surface area contributed by atoms with Gasteiger partial charge in [0.15, 0.2) is 11.5 Å². The molecule has 0 radical (unpaired) electrons. The number of benzene rings is 2. The molecule has 0 bridgehead atoms. The number of nitro groups is 1. The van der Waals surface area contributed by atoms with Crippen molar-refractivity contribution < 1.29 is 14.4 Å². The van der Waals surface area contributed by atoms with Gasteiger partial charge in [0.25, 0.3) is 0 Å². The van der Waals surface area contributed by atoms with Crippen molar-refractivity contribution in [2.24, 2.45) is 0 Å². The van der Waals surface area contributed by atoms with Crippen LogP contribution in [0.25, 0.3) is 0 Å². The van der Waals surface area contributed by atoms with Gasteiger partial charge in [0.05, 0.1) is 4.92 Å². The van der Waals surface area contributed by atoms with Crippen molar-refractivity contribution in [1.29, 1.82) is 0 Å². The van der Waals surface area contributed by atoms with E-state index < -0.39 is 4.92 Å². The number of nitrogens with one attached hydrogen (secondary N) is 1. The van der Waals surface area contributed by atoms with E-state index in [2.05, 4.69) is 20.2 Å². The molecule has 1 fully saturated rings. The van der Waals surface area contributed by atoms with E-state index in [0.29, 0.717) is 18.9 Å². The summed E-state index contributed by atoms with van der Waals surface area (Å²) in [6.07, 6.45) is 2.19. The zero-order valence-corrected chi connectivity index (χ0v) is 18.9. The lowest BCUT2D eigenvalue weighted by atomic mass is 10.1. The molecular formula is C24H26N6O4. The van der Waals surface area contributed by atoms with Crippen molar-refractivity contribution in [1.82, 2.24) is 14.9 Å². The van der Waals surface area contributed by atoms with Gasteiger partial charge in [-0.25, -0.2) is 9.97 Å². The van der Waals surface area contributed by atoms with Gasteiger partial charge in [0.2, 0.25) is 18.4 Å². The monoisotopic (exact) mass is 462 g/mol. The molecule has 10 nitrogen and oxygen atoms in total. The Hall–Kier alpha value is -3.92. The molecule has 1 N–H and O–H groups in total. The Morgan fingerprint density at radius 2 is 1.85 bits per heavy atom. The predicted octanol–water partition coefficient (Wildman–Crippen LogP) is 3.74. The molecule has 2 aliphatic heterocycles. The third-order valence-electron chi connectivity index (χ3n) is 6.15. The van der Waals surface area contributed by atoms with Gasteiger partial charge in [-0.15, -0.1) is 0 Å². The van der Waals surface area contributed by atoms with Gasteiger partial charge < -0.3 is 19.7 Å². The Balaban J connectivity index is 1.30. The number of fused-ring (bicyclic) bond motifs is 1. The molecule has 0 saturated carbocycles. The first-order chi connectivity index (χ1) is 16.6. The maximum absolute atomic E-state index is 12.1. The van der Waals surface area contributed by atoms with E-state index in [-0.39, 0.29) is 18.3 Å². The summed E-state index contributed by atoms with van der Waals surface area (Å²) in [5.74, 6) is 2.10. The molecule has 0 aliphatic carbocycles. The average Bonchev–Trinajstić information content (AvgIpc) is 3.32. The molecule has 2 aliphatic rings. The van der Waals surface area contributed by atoms with E-state index in [1.165, 1.54) is 6.33 Å². The summed E-state index contributed by atoms with van der Waals surface area (Å²) in [5.41, 5.74) is 2.92. The standard InChI is InChI=1S/C24H26N6O4/c1-2-18-5-3-4-6-19(18)27-23-22(30(31)32)24(26-15-25-23)29-11-9-28(10-12-29)14-17-7-8-20-21(13-17)34-16-33-20/h3-8,13,15H,2,9-12,14,16H2,1H3,(H,25,26,27). The minimum atomic E-state index is -0.398. The van der Waals surface area contributed by atoms with Crippen molar-refractivity contribution in [2.75, 3.05) is 43.2 Å². The first-order valence-electron chi connectivity index (χ1n) is 11.3. The molecule has 1 aromatic heterocycles. The topological polar surface area (TPSA) is 106 Å². The third-order valence-corrected chi connectivity index (χ3v) is 6.15. The number of hydrogen-bond donors (Lipinski definition) is 1. The van der Waals surface area contributed by atoms with Crippen molar-refractivity contribution in [2.45, 2.75) is 19.9 Å². The van der Waals surface area contributed by atoms with Gasteiger partial charge >= 0.3 is 5.69 Å². The van der Waals surface area contributed by atoms with E-state index in [0.717, 1.165) is 54.4 Å². The molecule has 2 aromatic carbocycles. The number of ether oxygens (including phenoxy) is 2. The van der Waals surface area contributed by atoms with E-state index in [9.17, 15) is 10.1 Å². The number of aromatic nitrogens is 2. The lowest BCUT2D eigenvalue weighted by Crippen LogP contribution is -2.46. The number of nitrogens with zero attached hydrogens (tertiary/aromatic N) is 5. The molecule has 5 rings (SSSR count). The zero-order chi connectivity index (χ0) is 23.5. The predicted molar refractivity (Wildman–Crippen MR) is 128 cm³/mol. The highest BCUT2D eigenvalue weighted by Crippen LogP contribution is 2.35. The number of para-hydroxylation sites is 1. The highest BCUT2D eigenvalue weighted by atomic mass is 16.7. The molecular weight excluding hydrogens is 436 g/mol. The molecule has 3 heterocycles. The van der Waals surface area contributed by atoms with Gasteiger partial charge in [-0.3, -0.25) is 15.0 Å². The van der Waals surface area contributed by atoms with Crippen molar-refractivity contribution in [3.8, 4) is 11.5 Å². The van der Waals surface area contributed by atoms with Crippen LogP contribution in [0.15, 0.2) is 48.8 Å². The first-order valence-corrected chi connectivity index (χ1v) is 11.3. The Morgan fingerprint density at radius 3 is 2.65 bits per heavy atom. The van der Waals surface area contributed by atoms with Gasteiger partial charge in [-0.1, -0.05) is 31.2 Å². The van der Waals surface area contributed by atoms with E-state index in [4.69, 9.17) is 9.47 Å². The summed E-state index contributed by atoms with van der Waals surface area (Å²) in [6, 6.07) is 13.7. The summed E-state index contributed by atoms with van der Waals surface area (Å²) in [7, 11) is 0. The van der Waals surface area contributed by atoms with Crippen molar-refractivity contribution in [3.63, 3.8) is 0 Å². The second kappa shape index (κ2) is 9.52. The Kier molecular flexibility index (Phi) is 6.13. The fraction of sp³-hybridized carbons (Fsp3) is 0.333. The number of rotatable bonds is 7. The molecule has 1 saturated heterocycles. The molecule has 3 aromatic rings. The van der Waals surface area contributed by atoms with Crippen LogP contribution in [0.4, 0.5) is 23.0 Å². The van der Waals surface area contributed by atoms with Crippen LogP contribution in [0.3, 0.4) is 0 Å². The fourth-order valence-electron chi connectivity index (χ4n) is 4.35. The lowest BCUT2D eigenvalue weighted by Gasteiger charge is -2.35. The summed E-state index contributed by atoms with van der Waals surface area (Å²) in [5, 5.41) is 15.2. The quantitative estimate of drug-likeness (QED) is 0.415. The van der Waals surface area contributed by atoms with Crippen LogP contribution >= 0.6 is 0 Å². The van der Waals surface area contributed by atoms with E-state index >= 15 is 0 Å². The van der Waals surface area contributed by atoms with Crippen LogP contribution in [-0.4, -0.2) is 52.8 Å². The number of hydrogen-bond acceptors (Lipinski definition) is 9. The first kappa shape index (κ1) is 21.9. The number of aryl methyl sites for hydroxylation is 1. The fourth-order valence-corrected chi connectivity index (χ4v) is 4.35. The van der Waals surface area contributed by atoms with Crippen LogP contribution in [-0.2, 0) is 13.0 Å². The van der Waals surface area contributed by atoms with Crippen LogP contribution in [0.2, 0.25) is 0 Å². The highest BCUT2D eigenvalue weighted by molar-refractivity contribution is 5.75. The highest BCUT2D eigenvalue weighted by Gasteiger charge is 2.29. The molecule has 0 unspecified atom stereocenters.